The van der Waals surface area contributed by atoms with E-state index >= 15 is 0 Å². The number of hydrogen-bond acceptors (Lipinski definition) is 4. The molecule has 1 aliphatic rings. The average molecular weight is 253 g/mol. The molecule has 1 aliphatic heterocycles. The smallest absolute Gasteiger partial charge is 0.234 e. The van der Waals surface area contributed by atoms with Gasteiger partial charge in [0.05, 0.1) is 13.1 Å². The van der Waals surface area contributed by atoms with Crippen LogP contribution in [0.1, 0.15) is 18.2 Å². The van der Waals surface area contributed by atoms with Crippen LogP contribution < -0.4 is 16.0 Å². The highest BCUT2D eigenvalue weighted by Gasteiger charge is 2.27. The monoisotopic (exact) mass is 253 g/mol. The molecule has 1 atom stereocenters. The molecule has 1 saturated heterocycles. The van der Waals surface area contributed by atoms with Crippen LogP contribution >= 0.6 is 11.3 Å². The Balaban J connectivity index is 1.67. The molecule has 0 bridgehead atoms. The molecule has 5 heteroatoms. The van der Waals surface area contributed by atoms with Gasteiger partial charge >= 0.3 is 0 Å². The summed E-state index contributed by atoms with van der Waals surface area (Å²) in [6.45, 7) is 5.14. The van der Waals surface area contributed by atoms with Crippen LogP contribution in [0.5, 0.6) is 0 Å². The van der Waals surface area contributed by atoms with Crippen molar-refractivity contribution in [1.82, 2.24) is 16.0 Å². The highest BCUT2D eigenvalue weighted by molar-refractivity contribution is 7.09. The van der Waals surface area contributed by atoms with E-state index in [1.807, 2.05) is 17.5 Å². The summed E-state index contributed by atoms with van der Waals surface area (Å²) < 4.78 is 0. The second kappa shape index (κ2) is 5.62. The highest BCUT2D eigenvalue weighted by Crippen LogP contribution is 2.12. The fourth-order valence-electron chi connectivity index (χ4n) is 1.92. The maximum Gasteiger partial charge on any atom is 0.234 e. The summed E-state index contributed by atoms with van der Waals surface area (Å²) in [6, 6.07) is 4.02. The van der Waals surface area contributed by atoms with E-state index in [-0.39, 0.29) is 11.4 Å². The number of amides is 1. The first-order chi connectivity index (χ1) is 8.18. The SMILES string of the molecule is CC1(NCC(=O)NCc2cccs2)CCNC1. The van der Waals surface area contributed by atoms with Gasteiger partial charge < -0.3 is 16.0 Å². The summed E-state index contributed by atoms with van der Waals surface area (Å²) in [7, 11) is 0. The molecule has 1 aromatic heterocycles. The maximum atomic E-state index is 11.6. The zero-order valence-electron chi connectivity index (χ0n) is 10.1. The Bertz CT molecular complexity index is 358. The quantitative estimate of drug-likeness (QED) is 0.724. The Kier molecular flexibility index (Phi) is 4.15. The van der Waals surface area contributed by atoms with Crippen LogP contribution in [-0.2, 0) is 11.3 Å². The number of rotatable bonds is 5. The van der Waals surface area contributed by atoms with E-state index in [9.17, 15) is 4.79 Å². The summed E-state index contributed by atoms with van der Waals surface area (Å²) in [5, 5.41) is 11.5. The molecule has 1 aromatic rings. The van der Waals surface area contributed by atoms with Gasteiger partial charge in [0.1, 0.15) is 0 Å². The summed E-state index contributed by atoms with van der Waals surface area (Å²) in [5.41, 5.74) is 0.0697. The molecule has 3 N–H and O–H groups in total. The second-order valence-corrected chi connectivity index (χ2v) is 5.73. The molecule has 2 rings (SSSR count). The lowest BCUT2D eigenvalue weighted by molar-refractivity contribution is -0.120. The minimum atomic E-state index is 0.0616. The van der Waals surface area contributed by atoms with Gasteiger partial charge in [-0.05, 0) is 31.3 Å². The second-order valence-electron chi connectivity index (χ2n) is 4.70. The number of carbonyl (C=O) groups excluding carboxylic acids is 1. The van der Waals surface area contributed by atoms with Crippen molar-refractivity contribution in [2.24, 2.45) is 0 Å². The van der Waals surface area contributed by atoms with Crippen molar-refractivity contribution in [3.05, 3.63) is 22.4 Å². The van der Waals surface area contributed by atoms with Crippen LogP contribution in [0.3, 0.4) is 0 Å². The van der Waals surface area contributed by atoms with Gasteiger partial charge in [0, 0.05) is 17.0 Å². The summed E-state index contributed by atoms with van der Waals surface area (Å²) in [5.74, 6) is 0.0616. The highest BCUT2D eigenvalue weighted by atomic mass is 32.1. The first kappa shape index (κ1) is 12.5. The van der Waals surface area contributed by atoms with Gasteiger partial charge in [-0.2, -0.15) is 0 Å². The van der Waals surface area contributed by atoms with Crippen molar-refractivity contribution < 1.29 is 4.79 Å². The zero-order chi connectivity index (χ0) is 12.1. The molecule has 2 heterocycles. The average Bonchev–Trinajstić information content (AvgIpc) is 2.95. The topological polar surface area (TPSA) is 53.2 Å². The van der Waals surface area contributed by atoms with Crippen molar-refractivity contribution in [3.8, 4) is 0 Å². The molecule has 0 radical (unpaired) electrons. The first-order valence-corrected chi connectivity index (χ1v) is 6.81. The maximum absolute atomic E-state index is 11.6. The Hall–Kier alpha value is -0.910. The third-order valence-corrected chi connectivity index (χ3v) is 3.96. The number of carbonyl (C=O) groups is 1. The fraction of sp³-hybridized carbons (Fsp3) is 0.583. The molecule has 0 saturated carbocycles. The van der Waals surface area contributed by atoms with Gasteiger partial charge in [-0.3, -0.25) is 4.79 Å². The van der Waals surface area contributed by atoms with E-state index in [1.165, 1.54) is 4.88 Å². The van der Waals surface area contributed by atoms with Gasteiger partial charge in [0.15, 0.2) is 0 Å². The van der Waals surface area contributed by atoms with Gasteiger partial charge in [-0.1, -0.05) is 6.07 Å². The first-order valence-electron chi connectivity index (χ1n) is 5.93. The Morgan fingerprint density at radius 3 is 3.18 bits per heavy atom. The molecule has 17 heavy (non-hydrogen) atoms. The van der Waals surface area contributed by atoms with Gasteiger partial charge in [-0.15, -0.1) is 11.3 Å². The predicted octanol–water partition coefficient (Wildman–Crippen LogP) is 0.706. The van der Waals surface area contributed by atoms with E-state index in [0.717, 1.165) is 19.5 Å². The fourth-order valence-corrected chi connectivity index (χ4v) is 2.57. The Morgan fingerprint density at radius 1 is 1.65 bits per heavy atom. The summed E-state index contributed by atoms with van der Waals surface area (Å²) >= 11 is 1.66. The van der Waals surface area contributed by atoms with Gasteiger partial charge in [0.25, 0.3) is 0 Å². The van der Waals surface area contributed by atoms with Crippen molar-refractivity contribution in [2.45, 2.75) is 25.4 Å². The van der Waals surface area contributed by atoms with Crippen LogP contribution in [0.2, 0.25) is 0 Å². The molecule has 94 valence electrons. The molecule has 1 unspecified atom stereocenters. The van der Waals surface area contributed by atoms with Crippen LogP contribution in [0.25, 0.3) is 0 Å². The van der Waals surface area contributed by atoms with Gasteiger partial charge in [0.2, 0.25) is 5.91 Å². The van der Waals surface area contributed by atoms with Crippen LogP contribution in [0, 0.1) is 0 Å². The molecule has 0 aliphatic carbocycles. The summed E-state index contributed by atoms with van der Waals surface area (Å²) in [4.78, 5) is 12.8. The number of thiophene rings is 1. The minimum Gasteiger partial charge on any atom is -0.350 e. The molecule has 1 fully saturated rings. The lowest BCUT2D eigenvalue weighted by atomic mass is 10.0. The Labute approximate surface area is 106 Å². The number of hydrogen-bond donors (Lipinski definition) is 3. The van der Waals surface area contributed by atoms with Crippen molar-refractivity contribution >= 4 is 17.2 Å². The molecule has 0 spiro atoms. The predicted molar refractivity (Wildman–Crippen MR) is 70.1 cm³/mol. The van der Waals surface area contributed by atoms with E-state index < -0.39 is 0 Å². The lowest BCUT2D eigenvalue weighted by Crippen LogP contribution is -2.48. The molecule has 4 nitrogen and oxygen atoms in total. The standard InChI is InChI=1S/C12H19N3OS/c1-12(4-5-13-9-12)15-8-11(16)14-7-10-3-2-6-17-10/h2-3,6,13,15H,4-5,7-9H2,1H3,(H,14,16). The van der Waals surface area contributed by atoms with Crippen LogP contribution in [0.4, 0.5) is 0 Å². The van der Waals surface area contributed by atoms with Crippen molar-refractivity contribution in [2.75, 3.05) is 19.6 Å². The van der Waals surface area contributed by atoms with Crippen molar-refractivity contribution in [3.63, 3.8) is 0 Å². The van der Waals surface area contributed by atoms with E-state index in [0.29, 0.717) is 13.1 Å². The Morgan fingerprint density at radius 2 is 2.53 bits per heavy atom. The third kappa shape index (κ3) is 3.80. The zero-order valence-corrected chi connectivity index (χ0v) is 10.9. The van der Waals surface area contributed by atoms with E-state index in [2.05, 4.69) is 22.9 Å². The van der Waals surface area contributed by atoms with E-state index in [4.69, 9.17) is 0 Å². The normalized spacial score (nSPS) is 23.8. The number of nitrogens with one attached hydrogen (secondary N) is 3. The minimum absolute atomic E-state index is 0.0616. The van der Waals surface area contributed by atoms with Crippen LogP contribution in [-0.4, -0.2) is 31.1 Å². The third-order valence-electron chi connectivity index (χ3n) is 3.08. The largest absolute Gasteiger partial charge is 0.350 e. The summed E-state index contributed by atoms with van der Waals surface area (Å²) in [6.07, 6.45) is 1.07. The molecule has 1 amide bonds. The molecular formula is C12H19N3OS. The van der Waals surface area contributed by atoms with Crippen LogP contribution in [0.15, 0.2) is 17.5 Å². The molecule has 0 aromatic carbocycles. The molecular weight excluding hydrogens is 234 g/mol. The van der Waals surface area contributed by atoms with E-state index in [1.54, 1.807) is 11.3 Å². The van der Waals surface area contributed by atoms with Crippen molar-refractivity contribution in [1.29, 1.82) is 0 Å². The lowest BCUT2D eigenvalue weighted by Gasteiger charge is -2.24. The van der Waals surface area contributed by atoms with Gasteiger partial charge in [-0.25, -0.2) is 0 Å².